The van der Waals surface area contributed by atoms with Crippen LogP contribution in [0.1, 0.15) is 25.7 Å². The van der Waals surface area contributed by atoms with Crippen LogP contribution in [-0.4, -0.2) is 26.4 Å². The molecule has 0 spiro atoms. The molecule has 0 bridgehead atoms. The number of unbranched alkanes of at least 4 members (excludes halogenated alkanes) is 3. The van der Waals surface area contributed by atoms with Gasteiger partial charge in [-0.25, -0.2) is 13.1 Å². The van der Waals surface area contributed by atoms with Crippen LogP contribution in [0.15, 0.2) is 29.2 Å². The third-order valence-corrected chi connectivity index (χ3v) is 4.28. The van der Waals surface area contributed by atoms with Gasteiger partial charge in [-0.3, -0.25) is 10.1 Å². The number of para-hydroxylation sites is 1. The summed E-state index contributed by atoms with van der Waals surface area (Å²) < 4.78 is 26.4. The lowest BCUT2D eigenvalue weighted by Crippen LogP contribution is -2.25. The van der Waals surface area contributed by atoms with E-state index in [0.717, 1.165) is 19.3 Å². The van der Waals surface area contributed by atoms with Gasteiger partial charge in [0.15, 0.2) is 4.90 Å². The maximum atomic E-state index is 12.0. The van der Waals surface area contributed by atoms with E-state index in [2.05, 4.69) is 4.72 Å². The molecule has 0 aliphatic carbocycles. The standard InChI is InChI=1S/C12H19N3O4S.ClH/c13-9-5-1-2-6-10-14-20(18,19)12-8-4-3-7-11(12)15(16)17;/h3-4,7-8,14H,1-2,5-6,9-10,13H2;1H. The normalized spacial score (nSPS) is 10.9. The Balaban J connectivity index is 0.00000400. The Morgan fingerprint density at radius 1 is 1.14 bits per heavy atom. The molecule has 0 fully saturated rings. The number of sulfonamides is 1. The van der Waals surface area contributed by atoms with Crippen molar-refractivity contribution in [2.75, 3.05) is 13.1 Å². The van der Waals surface area contributed by atoms with E-state index in [4.69, 9.17) is 5.73 Å². The molecule has 0 aliphatic rings. The first-order valence-corrected chi connectivity index (χ1v) is 7.90. The van der Waals surface area contributed by atoms with Crippen LogP contribution < -0.4 is 10.5 Å². The second-order valence-corrected chi connectivity index (χ2v) is 6.06. The molecule has 0 unspecified atom stereocenters. The lowest BCUT2D eigenvalue weighted by atomic mass is 10.2. The summed E-state index contributed by atoms with van der Waals surface area (Å²) >= 11 is 0. The van der Waals surface area contributed by atoms with E-state index in [0.29, 0.717) is 13.0 Å². The summed E-state index contributed by atoms with van der Waals surface area (Å²) in [4.78, 5) is 9.82. The van der Waals surface area contributed by atoms with Crippen LogP contribution in [0.3, 0.4) is 0 Å². The largest absolute Gasteiger partial charge is 0.330 e. The molecular weight excluding hydrogens is 318 g/mol. The Kier molecular flexibility index (Phi) is 9.11. The number of rotatable bonds is 9. The van der Waals surface area contributed by atoms with E-state index < -0.39 is 20.6 Å². The van der Waals surface area contributed by atoms with Crippen molar-refractivity contribution in [3.05, 3.63) is 34.4 Å². The Morgan fingerprint density at radius 2 is 1.76 bits per heavy atom. The number of nitrogens with two attached hydrogens (primary N) is 1. The van der Waals surface area contributed by atoms with Gasteiger partial charge in [0.2, 0.25) is 10.0 Å². The molecular formula is C12H20ClN3O4S. The molecule has 1 aromatic rings. The summed E-state index contributed by atoms with van der Waals surface area (Å²) in [5.41, 5.74) is 4.94. The van der Waals surface area contributed by atoms with Crippen LogP contribution in [0.5, 0.6) is 0 Å². The number of nitrogens with one attached hydrogen (secondary N) is 1. The summed E-state index contributed by atoms with van der Waals surface area (Å²) in [7, 11) is -3.85. The molecule has 9 heteroatoms. The third kappa shape index (κ3) is 6.38. The zero-order chi connectivity index (χ0) is 15.0. The molecule has 0 amide bonds. The summed E-state index contributed by atoms with van der Waals surface area (Å²) in [6.45, 7) is 0.890. The number of hydrogen-bond acceptors (Lipinski definition) is 5. The Bertz CT molecular complexity index is 551. The minimum atomic E-state index is -3.85. The van der Waals surface area contributed by atoms with Crippen molar-refractivity contribution < 1.29 is 13.3 Å². The maximum absolute atomic E-state index is 12.0. The van der Waals surface area contributed by atoms with E-state index in [1.165, 1.54) is 24.3 Å². The predicted molar refractivity (Wildman–Crippen MR) is 83.1 cm³/mol. The molecule has 0 aromatic heterocycles. The van der Waals surface area contributed by atoms with Crippen molar-refractivity contribution in [2.45, 2.75) is 30.6 Å². The van der Waals surface area contributed by atoms with Crippen LogP contribution in [0.25, 0.3) is 0 Å². The highest BCUT2D eigenvalue weighted by atomic mass is 35.5. The van der Waals surface area contributed by atoms with Gasteiger partial charge in [-0.15, -0.1) is 12.4 Å². The summed E-state index contributed by atoms with van der Waals surface area (Å²) in [5, 5.41) is 10.8. The van der Waals surface area contributed by atoms with Crippen LogP contribution in [-0.2, 0) is 10.0 Å². The molecule has 21 heavy (non-hydrogen) atoms. The second-order valence-electron chi connectivity index (χ2n) is 4.33. The highest BCUT2D eigenvalue weighted by Gasteiger charge is 2.24. The van der Waals surface area contributed by atoms with Crippen molar-refractivity contribution in [2.24, 2.45) is 5.73 Å². The average molecular weight is 338 g/mol. The van der Waals surface area contributed by atoms with Gasteiger partial charge in [-0.1, -0.05) is 25.0 Å². The van der Waals surface area contributed by atoms with Crippen molar-refractivity contribution in [1.82, 2.24) is 4.72 Å². The molecule has 0 saturated heterocycles. The molecule has 0 heterocycles. The van der Waals surface area contributed by atoms with Gasteiger partial charge in [-0.2, -0.15) is 0 Å². The minimum Gasteiger partial charge on any atom is -0.330 e. The number of nitro groups is 1. The number of nitrogens with zero attached hydrogens (tertiary/aromatic N) is 1. The van der Waals surface area contributed by atoms with Crippen LogP contribution in [0.2, 0.25) is 0 Å². The lowest BCUT2D eigenvalue weighted by molar-refractivity contribution is -0.387. The SMILES string of the molecule is Cl.NCCCCCCNS(=O)(=O)c1ccccc1[N+](=O)[O-]. The van der Waals surface area contributed by atoms with E-state index in [-0.39, 0.29) is 23.8 Å². The van der Waals surface area contributed by atoms with Gasteiger partial charge in [0.05, 0.1) is 4.92 Å². The fourth-order valence-corrected chi connectivity index (χ4v) is 2.99. The number of hydrogen-bond donors (Lipinski definition) is 2. The fraction of sp³-hybridized carbons (Fsp3) is 0.500. The number of nitro benzene ring substituents is 1. The topological polar surface area (TPSA) is 115 Å². The molecule has 0 saturated carbocycles. The van der Waals surface area contributed by atoms with E-state index in [1.54, 1.807) is 0 Å². The summed E-state index contributed by atoms with van der Waals surface area (Å²) in [6.07, 6.45) is 3.41. The van der Waals surface area contributed by atoms with Crippen molar-refractivity contribution in [1.29, 1.82) is 0 Å². The quantitative estimate of drug-likeness (QED) is 0.405. The van der Waals surface area contributed by atoms with Crippen LogP contribution in [0, 0.1) is 10.1 Å². The summed E-state index contributed by atoms with van der Waals surface area (Å²) in [6, 6.07) is 5.30. The van der Waals surface area contributed by atoms with Gasteiger partial charge in [0, 0.05) is 12.6 Å². The molecule has 1 aromatic carbocycles. The Hall–Kier alpha value is -1.22. The summed E-state index contributed by atoms with van der Waals surface area (Å²) in [5.74, 6) is 0. The first-order valence-electron chi connectivity index (χ1n) is 6.42. The zero-order valence-electron chi connectivity index (χ0n) is 11.5. The number of benzene rings is 1. The van der Waals surface area contributed by atoms with Crippen molar-refractivity contribution >= 4 is 28.1 Å². The zero-order valence-corrected chi connectivity index (χ0v) is 13.2. The van der Waals surface area contributed by atoms with Crippen LogP contribution in [0.4, 0.5) is 5.69 Å². The first-order chi connectivity index (χ1) is 9.49. The fourth-order valence-electron chi connectivity index (χ4n) is 1.74. The molecule has 3 N–H and O–H groups in total. The Labute approximate surface area is 130 Å². The predicted octanol–water partition coefficient (Wildman–Crippen LogP) is 1.81. The second kappa shape index (κ2) is 9.67. The van der Waals surface area contributed by atoms with E-state index in [1.807, 2.05) is 0 Å². The molecule has 0 atom stereocenters. The molecule has 0 radical (unpaired) electrons. The van der Waals surface area contributed by atoms with Crippen molar-refractivity contribution in [3.63, 3.8) is 0 Å². The lowest BCUT2D eigenvalue weighted by Gasteiger charge is -2.07. The van der Waals surface area contributed by atoms with Crippen molar-refractivity contribution in [3.8, 4) is 0 Å². The molecule has 0 aliphatic heterocycles. The maximum Gasteiger partial charge on any atom is 0.289 e. The van der Waals surface area contributed by atoms with E-state index in [9.17, 15) is 18.5 Å². The number of halogens is 1. The highest BCUT2D eigenvalue weighted by molar-refractivity contribution is 7.89. The average Bonchev–Trinajstić information content (AvgIpc) is 2.42. The highest BCUT2D eigenvalue weighted by Crippen LogP contribution is 2.22. The van der Waals surface area contributed by atoms with E-state index >= 15 is 0 Å². The van der Waals surface area contributed by atoms with Gasteiger partial charge in [0.25, 0.3) is 5.69 Å². The Morgan fingerprint density at radius 3 is 2.38 bits per heavy atom. The van der Waals surface area contributed by atoms with Gasteiger partial charge in [-0.05, 0) is 25.5 Å². The minimum absolute atomic E-state index is 0. The van der Waals surface area contributed by atoms with Crippen LogP contribution >= 0.6 is 12.4 Å². The van der Waals surface area contributed by atoms with Gasteiger partial charge in [0.1, 0.15) is 0 Å². The van der Waals surface area contributed by atoms with Gasteiger partial charge < -0.3 is 5.73 Å². The smallest absolute Gasteiger partial charge is 0.289 e. The molecule has 7 nitrogen and oxygen atoms in total. The molecule has 1 rings (SSSR count). The third-order valence-electron chi connectivity index (χ3n) is 2.77. The van der Waals surface area contributed by atoms with Gasteiger partial charge >= 0.3 is 0 Å². The first kappa shape index (κ1) is 19.8. The molecule has 120 valence electrons. The monoisotopic (exact) mass is 337 g/mol.